The van der Waals surface area contributed by atoms with Crippen molar-refractivity contribution in [1.82, 2.24) is 10.2 Å². The lowest BCUT2D eigenvalue weighted by Gasteiger charge is -2.13. The lowest BCUT2D eigenvalue weighted by Crippen LogP contribution is -2.28. The zero-order valence-corrected chi connectivity index (χ0v) is 8.42. The molecule has 0 spiro atoms. The molecule has 1 aliphatic rings. The van der Waals surface area contributed by atoms with Crippen LogP contribution >= 0.6 is 0 Å². The summed E-state index contributed by atoms with van der Waals surface area (Å²) >= 11 is 0. The minimum Gasteiger partial charge on any atom is -0.339 e. The van der Waals surface area contributed by atoms with E-state index in [4.69, 9.17) is 0 Å². The summed E-state index contributed by atoms with van der Waals surface area (Å²) in [5.74, 6) is 0.792. The molecule has 0 radical (unpaired) electrons. The number of likely N-dealkylation sites (tertiary alicyclic amines) is 1. The molecule has 1 unspecified atom stereocenters. The molecule has 0 aromatic carbocycles. The summed E-state index contributed by atoms with van der Waals surface area (Å²) in [5, 5.41) is 3.15. The van der Waals surface area contributed by atoms with Gasteiger partial charge in [0.1, 0.15) is 0 Å². The number of carbonyl (C=O) groups excluding carboxylic acids is 1. The lowest BCUT2D eigenvalue weighted by molar-refractivity contribution is -0.125. The lowest BCUT2D eigenvalue weighted by atomic mass is 10.1. The largest absolute Gasteiger partial charge is 0.339 e. The molecule has 1 atom stereocenters. The number of nitrogens with zero attached hydrogens (tertiary/aromatic N) is 1. The number of allylic oxidation sites excluding steroid dienone is 1. The summed E-state index contributed by atoms with van der Waals surface area (Å²) in [7, 11) is 1.95. The van der Waals surface area contributed by atoms with Gasteiger partial charge in [0.25, 0.3) is 0 Å². The molecule has 0 aromatic heterocycles. The van der Waals surface area contributed by atoms with E-state index in [-0.39, 0.29) is 5.91 Å². The standard InChI is InChI=1S/C10H18N2O/c1-3-4-10(13)12-6-5-9(8-12)7-11-2/h3-4,9,11H,5-8H2,1-2H3. The highest BCUT2D eigenvalue weighted by molar-refractivity contribution is 5.87. The maximum absolute atomic E-state index is 11.4. The second kappa shape index (κ2) is 5.02. The number of nitrogens with one attached hydrogen (secondary N) is 1. The SMILES string of the molecule is CC=CC(=O)N1CCC(CNC)C1. The van der Waals surface area contributed by atoms with Gasteiger partial charge in [-0.2, -0.15) is 0 Å². The van der Waals surface area contributed by atoms with Crippen molar-refractivity contribution in [2.24, 2.45) is 5.92 Å². The summed E-state index contributed by atoms with van der Waals surface area (Å²) in [5.41, 5.74) is 0. The zero-order valence-electron chi connectivity index (χ0n) is 8.42. The molecular weight excluding hydrogens is 164 g/mol. The molecule has 1 aliphatic heterocycles. The molecule has 1 heterocycles. The Morgan fingerprint density at radius 1 is 1.69 bits per heavy atom. The highest BCUT2D eigenvalue weighted by Crippen LogP contribution is 2.15. The van der Waals surface area contributed by atoms with E-state index in [1.54, 1.807) is 12.2 Å². The molecule has 74 valence electrons. The third-order valence-corrected chi connectivity index (χ3v) is 2.40. The van der Waals surface area contributed by atoms with E-state index in [1.807, 2.05) is 18.9 Å². The molecule has 0 aliphatic carbocycles. The number of hydrogen-bond acceptors (Lipinski definition) is 2. The van der Waals surface area contributed by atoms with Gasteiger partial charge in [0.15, 0.2) is 0 Å². The molecular formula is C10H18N2O. The normalized spacial score (nSPS) is 22.9. The molecule has 1 saturated heterocycles. The Bertz CT molecular complexity index is 201. The third kappa shape index (κ3) is 2.84. The van der Waals surface area contributed by atoms with Crippen molar-refractivity contribution >= 4 is 5.91 Å². The first-order valence-electron chi connectivity index (χ1n) is 4.84. The first-order valence-corrected chi connectivity index (χ1v) is 4.84. The minimum absolute atomic E-state index is 0.154. The van der Waals surface area contributed by atoms with Gasteiger partial charge in [0, 0.05) is 13.1 Å². The first kappa shape index (κ1) is 10.3. The van der Waals surface area contributed by atoms with Crippen molar-refractivity contribution in [3.63, 3.8) is 0 Å². The molecule has 0 aromatic rings. The van der Waals surface area contributed by atoms with Gasteiger partial charge in [0.2, 0.25) is 5.91 Å². The Morgan fingerprint density at radius 2 is 2.46 bits per heavy atom. The van der Waals surface area contributed by atoms with Gasteiger partial charge in [-0.15, -0.1) is 0 Å². The van der Waals surface area contributed by atoms with Gasteiger partial charge in [-0.25, -0.2) is 0 Å². The quantitative estimate of drug-likeness (QED) is 0.649. The van der Waals surface area contributed by atoms with E-state index in [0.29, 0.717) is 5.92 Å². The van der Waals surface area contributed by atoms with E-state index < -0.39 is 0 Å². The number of amides is 1. The average Bonchev–Trinajstić information content (AvgIpc) is 2.54. The van der Waals surface area contributed by atoms with Crippen molar-refractivity contribution in [1.29, 1.82) is 0 Å². The van der Waals surface area contributed by atoms with Crippen LogP contribution in [-0.4, -0.2) is 37.5 Å². The minimum atomic E-state index is 0.154. The Labute approximate surface area is 79.8 Å². The predicted molar refractivity (Wildman–Crippen MR) is 53.4 cm³/mol. The molecule has 13 heavy (non-hydrogen) atoms. The van der Waals surface area contributed by atoms with Gasteiger partial charge in [0.05, 0.1) is 0 Å². The van der Waals surface area contributed by atoms with E-state index in [1.165, 1.54) is 0 Å². The van der Waals surface area contributed by atoms with Crippen LogP contribution in [0.4, 0.5) is 0 Å². The number of carbonyl (C=O) groups is 1. The van der Waals surface area contributed by atoms with Crippen molar-refractivity contribution in [3.05, 3.63) is 12.2 Å². The van der Waals surface area contributed by atoms with Gasteiger partial charge >= 0.3 is 0 Å². The van der Waals surface area contributed by atoms with Crippen LogP contribution in [0.3, 0.4) is 0 Å². The Morgan fingerprint density at radius 3 is 3.08 bits per heavy atom. The fraction of sp³-hybridized carbons (Fsp3) is 0.700. The van der Waals surface area contributed by atoms with Crippen LogP contribution in [0, 0.1) is 5.92 Å². The van der Waals surface area contributed by atoms with Gasteiger partial charge in [-0.05, 0) is 38.9 Å². The molecule has 1 amide bonds. The van der Waals surface area contributed by atoms with Crippen molar-refractivity contribution in [2.45, 2.75) is 13.3 Å². The van der Waals surface area contributed by atoms with Crippen LogP contribution in [0.15, 0.2) is 12.2 Å². The first-order chi connectivity index (χ1) is 6.27. The topological polar surface area (TPSA) is 32.3 Å². The second-order valence-corrected chi connectivity index (χ2v) is 3.50. The maximum atomic E-state index is 11.4. The number of rotatable bonds is 3. The van der Waals surface area contributed by atoms with E-state index >= 15 is 0 Å². The molecule has 0 bridgehead atoms. The molecule has 1 rings (SSSR count). The smallest absolute Gasteiger partial charge is 0.246 e. The third-order valence-electron chi connectivity index (χ3n) is 2.40. The van der Waals surface area contributed by atoms with Crippen LogP contribution < -0.4 is 5.32 Å². The van der Waals surface area contributed by atoms with E-state index in [2.05, 4.69) is 5.32 Å². The zero-order chi connectivity index (χ0) is 9.68. The monoisotopic (exact) mass is 182 g/mol. The summed E-state index contributed by atoms with van der Waals surface area (Å²) in [6, 6.07) is 0. The molecule has 1 fully saturated rings. The molecule has 3 nitrogen and oxygen atoms in total. The highest BCUT2D eigenvalue weighted by Gasteiger charge is 2.23. The Kier molecular flexibility index (Phi) is 3.96. The molecule has 0 saturated carbocycles. The van der Waals surface area contributed by atoms with E-state index in [0.717, 1.165) is 26.1 Å². The fourth-order valence-electron chi connectivity index (χ4n) is 1.74. The second-order valence-electron chi connectivity index (χ2n) is 3.50. The van der Waals surface area contributed by atoms with Crippen LogP contribution in [0.5, 0.6) is 0 Å². The average molecular weight is 182 g/mol. The van der Waals surface area contributed by atoms with Gasteiger partial charge in [-0.1, -0.05) is 6.08 Å². The van der Waals surface area contributed by atoms with E-state index in [9.17, 15) is 4.79 Å². The molecule has 3 heteroatoms. The summed E-state index contributed by atoms with van der Waals surface area (Å²) in [6.07, 6.45) is 4.57. The van der Waals surface area contributed by atoms with Crippen LogP contribution in [-0.2, 0) is 4.79 Å². The van der Waals surface area contributed by atoms with Gasteiger partial charge < -0.3 is 10.2 Å². The fourth-order valence-corrected chi connectivity index (χ4v) is 1.74. The Balaban J connectivity index is 2.36. The summed E-state index contributed by atoms with van der Waals surface area (Å²) < 4.78 is 0. The van der Waals surface area contributed by atoms with Gasteiger partial charge in [-0.3, -0.25) is 4.79 Å². The Hall–Kier alpha value is -0.830. The predicted octanol–water partition coefficient (Wildman–Crippen LogP) is 0.630. The summed E-state index contributed by atoms with van der Waals surface area (Å²) in [6.45, 7) is 4.71. The van der Waals surface area contributed by atoms with Crippen molar-refractivity contribution in [3.8, 4) is 0 Å². The van der Waals surface area contributed by atoms with Crippen molar-refractivity contribution < 1.29 is 4.79 Å². The van der Waals surface area contributed by atoms with Crippen LogP contribution in [0.1, 0.15) is 13.3 Å². The number of hydrogen-bond donors (Lipinski definition) is 1. The van der Waals surface area contributed by atoms with Crippen LogP contribution in [0.2, 0.25) is 0 Å². The molecule has 1 N–H and O–H groups in total. The van der Waals surface area contributed by atoms with Crippen molar-refractivity contribution in [2.75, 3.05) is 26.7 Å². The summed E-state index contributed by atoms with van der Waals surface area (Å²) in [4.78, 5) is 13.3. The highest BCUT2D eigenvalue weighted by atomic mass is 16.2. The van der Waals surface area contributed by atoms with Crippen LogP contribution in [0.25, 0.3) is 0 Å². The maximum Gasteiger partial charge on any atom is 0.246 e.